The van der Waals surface area contributed by atoms with Gasteiger partial charge >= 0.3 is 0 Å². The van der Waals surface area contributed by atoms with E-state index in [2.05, 4.69) is 45.5 Å². The predicted octanol–water partition coefficient (Wildman–Crippen LogP) is 8.60. The molecule has 2 aromatic carbocycles. The van der Waals surface area contributed by atoms with E-state index >= 15 is 0 Å². The third-order valence-electron chi connectivity index (χ3n) is 10.2. The molecule has 18 nitrogen and oxygen atoms in total. The van der Waals surface area contributed by atoms with Gasteiger partial charge in [-0.05, 0) is 97.6 Å². The lowest BCUT2D eigenvalue weighted by Gasteiger charge is -2.20. The van der Waals surface area contributed by atoms with Crippen molar-refractivity contribution in [1.82, 2.24) is 39.5 Å². The number of hydrogen-bond acceptors (Lipinski definition) is 14. The molecule has 6 aromatic rings. The van der Waals surface area contributed by atoms with E-state index in [1.54, 1.807) is 68.7 Å². The second kappa shape index (κ2) is 24.0. The number of anilines is 5. The molecule has 0 amide bonds. The van der Waals surface area contributed by atoms with Gasteiger partial charge in [-0.1, -0.05) is 23.7 Å². The van der Waals surface area contributed by atoms with Crippen LogP contribution in [-0.2, 0) is 36.1 Å². The second-order valence-corrected chi connectivity index (χ2v) is 22.0. The Kier molecular flexibility index (Phi) is 19.5. The number of rotatable bonds is 14. The van der Waals surface area contributed by atoms with Crippen molar-refractivity contribution in [3.8, 4) is 34.3 Å². The molecule has 0 spiro atoms. The first-order chi connectivity index (χ1) is 31.7. The number of halogens is 1. The molecule has 372 valence electrons. The molecule has 0 aliphatic heterocycles. The van der Waals surface area contributed by atoms with Crippen LogP contribution in [0.25, 0.3) is 22.8 Å². The molecule has 23 heteroatoms. The molecule has 69 heavy (non-hydrogen) atoms. The molecule has 4 heterocycles. The van der Waals surface area contributed by atoms with Gasteiger partial charge in [0.25, 0.3) is 0 Å². The van der Waals surface area contributed by atoms with E-state index in [0.29, 0.717) is 68.0 Å². The fourth-order valence-corrected chi connectivity index (χ4v) is 6.96. The van der Waals surface area contributed by atoms with Crippen LogP contribution in [-0.4, -0.2) is 83.2 Å². The first kappa shape index (κ1) is 56.2. The fourth-order valence-electron chi connectivity index (χ4n) is 6.20. The normalized spacial score (nSPS) is 13.9. The number of nitrogens with zero attached hydrogens (tertiary/aromatic N) is 8. The average Bonchev–Trinajstić information content (AvgIpc) is 4.22. The number of carbonyl (C=O) groups excluding carboxylic acids is 2. The summed E-state index contributed by atoms with van der Waals surface area (Å²) in [6, 6.07) is 14.6. The van der Waals surface area contributed by atoms with Gasteiger partial charge in [-0.3, -0.25) is 28.8 Å². The molecule has 0 unspecified atom stereocenters. The number of carbonyl (C=O) groups is 2. The number of benzene rings is 2. The van der Waals surface area contributed by atoms with Crippen molar-refractivity contribution < 1.29 is 27.5 Å². The third-order valence-corrected chi connectivity index (χ3v) is 13.1. The minimum absolute atomic E-state index is 0. The first-order valence-corrected chi connectivity index (χ1v) is 24.1. The van der Waals surface area contributed by atoms with Crippen LogP contribution in [0.3, 0.4) is 0 Å². The van der Waals surface area contributed by atoms with Crippen molar-refractivity contribution >= 4 is 101 Å². The minimum Gasteiger partial charge on any atom is -0.494 e. The van der Waals surface area contributed by atoms with Crippen molar-refractivity contribution in [3.63, 3.8) is 0 Å². The number of para-hydroxylation sites is 2. The van der Waals surface area contributed by atoms with E-state index < -0.39 is 26.7 Å². The van der Waals surface area contributed by atoms with E-state index in [0.717, 1.165) is 36.8 Å². The van der Waals surface area contributed by atoms with Gasteiger partial charge < -0.3 is 20.1 Å². The van der Waals surface area contributed by atoms with Gasteiger partial charge in [0.15, 0.2) is 34.7 Å². The first-order valence-electron chi connectivity index (χ1n) is 21.4. The molecule has 2 atom stereocenters. The molecule has 2 aliphatic rings. The fraction of sp³-hybridized carbons (Fsp3) is 0.391. The van der Waals surface area contributed by atoms with Crippen LogP contribution >= 0.6 is 38.6 Å². The number of nitrogens with two attached hydrogens (primary N) is 1. The predicted molar refractivity (Wildman–Crippen MR) is 285 cm³/mol. The zero-order chi connectivity index (χ0) is 48.8. The van der Waals surface area contributed by atoms with Gasteiger partial charge in [0, 0.05) is 44.4 Å². The van der Waals surface area contributed by atoms with E-state index in [9.17, 15) is 18.0 Å². The maximum absolute atomic E-state index is 12.9. The Morgan fingerprint density at radius 3 is 1.46 bits per heavy atom. The van der Waals surface area contributed by atoms with Crippen LogP contribution < -0.4 is 30.0 Å². The highest BCUT2D eigenvalue weighted by Crippen LogP contribution is 2.41. The standard InChI is InChI=1S/C23H28N6O3S.C19H18ClN5O2.C4H11NOS.2H2S/c1-23(2,3)33(31)28-19-11-18(16(12-24-19)20(30)14-9-10-14)26-17-8-6-7-15(21(17)32-5)22-25-13-29(4)27-22;1-25-10-22-19(24-25)12-4-3-5-14(18(12)27-2)23-15-8-16(20)21-9-13(15)17(26)11-6-7-11;1-4(2,3)7(5)6;;/h6-8,11-14H,9-10H2,1-5H3,(H2,24,26,28);3-5,8-11H,6-7H2,1-2H3,(H,21,23);5H2,1-3H3;2*1H2/t33-;;7-;;/m0.0../s1. The lowest BCUT2D eigenvalue weighted by Crippen LogP contribution is -2.27. The molecule has 5 N–H and O–H groups in total. The highest BCUT2D eigenvalue weighted by atomic mass is 35.5. The Morgan fingerprint density at radius 1 is 0.681 bits per heavy atom. The van der Waals surface area contributed by atoms with Crippen LogP contribution in [0.15, 0.2) is 73.6 Å². The zero-order valence-electron chi connectivity index (χ0n) is 40.2. The lowest BCUT2D eigenvalue weighted by molar-refractivity contribution is 0.0960. The van der Waals surface area contributed by atoms with Gasteiger partial charge in [0.05, 0.1) is 79.7 Å². The molecule has 2 fully saturated rings. The number of ether oxygens (including phenoxy) is 2. The Morgan fingerprint density at radius 2 is 1.10 bits per heavy atom. The monoisotopic (exact) mass is 1040 g/mol. The van der Waals surface area contributed by atoms with E-state index in [-0.39, 0.29) is 55.1 Å². The topological polar surface area (TPSA) is 236 Å². The summed E-state index contributed by atoms with van der Waals surface area (Å²) in [4.78, 5) is 42.6. The summed E-state index contributed by atoms with van der Waals surface area (Å²) >= 11 is 6.07. The largest absolute Gasteiger partial charge is 0.494 e. The van der Waals surface area contributed by atoms with Gasteiger partial charge in [-0.2, -0.15) is 37.2 Å². The Balaban J connectivity index is 0.000000261. The van der Waals surface area contributed by atoms with E-state index in [1.165, 1.54) is 6.20 Å². The van der Waals surface area contributed by atoms with Gasteiger partial charge in [-0.15, -0.1) is 0 Å². The number of ketones is 2. The SMILES string of the molecule is CC(C)(C)[S@@](N)=O.COc1c(Nc2cc(Cl)ncc2C(=O)C2CC2)cccc1-c1ncn(C)n1.COc1c(Nc2cc(N[S@@](=O)C(C)(C)C)ncc2C(=O)C2CC2)cccc1-c1ncn(C)n1.S.S. The van der Waals surface area contributed by atoms with Gasteiger partial charge in [0.1, 0.15) is 34.6 Å². The number of aryl methyl sites for hydroxylation is 2. The van der Waals surface area contributed by atoms with Crippen LogP contribution in [0.1, 0.15) is 87.9 Å². The molecule has 0 bridgehead atoms. The summed E-state index contributed by atoms with van der Waals surface area (Å²) in [6.45, 7) is 11.1. The summed E-state index contributed by atoms with van der Waals surface area (Å²) in [5, 5.41) is 20.7. The number of aromatic nitrogens is 8. The molecule has 2 aliphatic carbocycles. The van der Waals surface area contributed by atoms with Crippen molar-refractivity contribution in [2.45, 2.75) is 76.7 Å². The number of pyridine rings is 2. The minimum atomic E-state index is -1.36. The number of methoxy groups -OCH3 is 2. The Bertz CT molecular complexity index is 2800. The van der Waals surface area contributed by atoms with Gasteiger partial charge in [-0.25, -0.2) is 28.4 Å². The summed E-state index contributed by atoms with van der Waals surface area (Å²) < 4.78 is 39.7. The summed E-state index contributed by atoms with van der Waals surface area (Å²) in [7, 11) is 4.23. The summed E-state index contributed by atoms with van der Waals surface area (Å²) in [5.41, 5.74) is 5.02. The Labute approximate surface area is 426 Å². The molecule has 2 saturated carbocycles. The van der Waals surface area contributed by atoms with Crippen molar-refractivity contribution in [2.24, 2.45) is 31.1 Å². The van der Waals surface area contributed by atoms with Crippen LogP contribution in [0, 0.1) is 11.8 Å². The second-order valence-electron chi connectivity index (χ2n) is 17.8. The van der Waals surface area contributed by atoms with Crippen molar-refractivity contribution in [1.29, 1.82) is 0 Å². The van der Waals surface area contributed by atoms with E-state index in [1.807, 2.05) is 77.9 Å². The maximum Gasteiger partial charge on any atom is 0.184 e. The van der Waals surface area contributed by atoms with E-state index in [4.69, 9.17) is 26.2 Å². The number of nitrogens with one attached hydrogen (secondary N) is 3. The number of Topliss-reactive ketones (excluding diaryl/α,β-unsaturated/α-hetero) is 2. The molecule has 0 radical (unpaired) electrons. The summed E-state index contributed by atoms with van der Waals surface area (Å²) in [5.74, 6) is 2.89. The lowest BCUT2D eigenvalue weighted by atomic mass is 10.1. The van der Waals surface area contributed by atoms with Crippen LogP contribution in [0.5, 0.6) is 11.5 Å². The molecular weight excluding hydrogens is 980 g/mol. The number of hydrogen-bond donors (Lipinski definition) is 4. The molecule has 4 aromatic heterocycles. The quantitative estimate of drug-likeness (QED) is 0.0591. The molecule has 0 saturated heterocycles. The molecular formula is C46H61ClN12O6S4. The highest BCUT2D eigenvalue weighted by molar-refractivity contribution is 7.87. The average molecular weight is 1040 g/mol. The molecule has 8 rings (SSSR count). The zero-order valence-corrected chi connectivity index (χ0v) is 44.6. The smallest absolute Gasteiger partial charge is 0.184 e. The maximum atomic E-state index is 12.9. The third kappa shape index (κ3) is 14.8. The highest BCUT2D eigenvalue weighted by Gasteiger charge is 2.34. The van der Waals surface area contributed by atoms with Crippen LogP contribution in [0.4, 0.5) is 28.6 Å². The van der Waals surface area contributed by atoms with Crippen molar-refractivity contribution in [2.75, 3.05) is 29.6 Å². The summed E-state index contributed by atoms with van der Waals surface area (Å²) in [6.07, 6.45) is 9.94. The van der Waals surface area contributed by atoms with Crippen LogP contribution in [0.2, 0.25) is 5.15 Å². The van der Waals surface area contributed by atoms with Gasteiger partial charge in [0.2, 0.25) is 0 Å². The van der Waals surface area contributed by atoms with Crippen molar-refractivity contribution in [3.05, 3.63) is 89.9 Å². The Hall–Kier alpha value is -5.39.